The van der Waals surface area contributed by atoms with Gasteiger partial charge in [-0.2, -0.15) is 0 Å². The largest absolute Gasteiger partial charge is 0.390 e. The molecule has 1 N–H and O–H groups in total. The van der Waals surface area contributed by atoms with E-state index in [1.807, 2.05) is 0 Å². The van der Waals surface area contributed by atoms with Gasteiger partial charge in [0.25, 0.3) is 0 Å². The molecule has 0 spiro atoms. The Morgan fingerprint density at radius 1 is 1.00 bits per heavy atom. The molecule has 0 heterocycles. The van der Waals surface area contributed by atoms with Gasteiger partial charge < -0.3 is 9.84 Å². The molecule has 0 bridgehead atoms. The summed E-state index contributed by atoms with van der Waals surface area (Å²) in [7, 11) is 1.80. The second-order valence-corrected chi connectivity index (χ2v) is 6.65. The molecule has 2 aliphatic rings. The van der Waals surface area contributed by atoms with E-state index in [0.29, 0.717) is 5.92 Å². The number of hydrogen-bond donors (Lipinski definition) is 1. The molecule has 2 saturated carbocycles. The van der Waals surface area contributed by atoms with E-state index >= 15 is 0 Å². The van der Waals surface area contributed by atoms with Crippen LogP contribution >= 0.6 is 0 Å². The fraction of sp³-hybridized carbons (Fsp3) is 1.00. The standard InChI is InChI=1S/C16H30O2/c1-13-9-11-16(18-2,12-10-13)15(17)14-7-5-3-4-6-8-14/h13-15,17H,3-12H2,1-2H3. The van der Waals surface area contributed by atoms with Gasteiger partial charge in [-0.25, -0.2) is 0 Å². The average molecular weight is 254 g/mol. The molecule has 0 aromatic rings. The highest BCUT2D eigenvalue weighted by Gasteiger charge is 2.43. The Morgan fingerprint density at radius 2 is 1.56 bits per heavy atom. The van der Waals surface area contributed by atoms with Gasteiger partial charge in [-0.15, -0.1) is 0 Å². The lowest BCUT2D eigenvalue weighted by Crippen LogP contribution is -2.50. The van der Waals surface area contributed by atoms with Crippen molar-refractivity contribution in [3.8, 4) is 0 Å². The van der Waals surface area contributed by atoms with E-state index in [4.69, 9.17) is 4.74 Å². The van der Waals surface area contributed by atoms with Crippen molar-refractivity contribution < 1.29 is 9.84 Å². The molecule has 1 atom stereocenters. The molecule has 1 unspecified atom stereocenters. The summed E-state index contributed by atoms with van der Waals surface area (Å²) in [6.45, 7) is 2.32. The fourth-order valence-electron chi connectivity index (χ4n) is 3.93. The maximum absolute atomic E-state index is 10.8. The summed E-state index contributed by atoms with van der Waals surface area (Å²) in [5, 5.41) is 10.8. The van der Waals surface area contributed by atoms with Gasteiger partial charge in [0.15, 0.2) is 0 Å². The number of ether oxygens (including phenoxy) is 1. The Morgan fingerprint density at radius 3 is 2.06 bits per heavy atom. The lowest BCUT2D eigenvalue weighted by atomic mass is 9.72. The van der Waals surface area contributed by atoms with Gasteiger partial charge in [0.2, 0.25) is 0 Å². The third-order valence-corrected chi connectivity index (χ3v) is 5.41. The molecule has 0 saturated heterocycles. The highest BCUT2D eigenvalue weighted by atomic mass is 16.5. The Kier molecular flexibility index (Phi) is 5.08. The van der Waals surface area contributed by atoms with Crippen LogP contribution in [0.2, 0.25) is 0 Å². The molecule has 0 amide bonds. The third-order valence-electron chi connectivity index (χ3n) is 5.41. The fourth-order valence-corrected chi connectivity index (χ4v) is 3.93. The summed E-state index contributed by atoms with van der Waals surface area (Å²) < 4.78 is 5.83. The summed E-state index contributed by atoms with van der Waals surface area (Å²) in [4.78, 5) is 0. The van der Waals surface area contributed by atoms with Gasteiger partial charge in [0.05, 0.1) is 11.7 Å². The highest BCUT2D eigenvalue weighted by Crippen LogP contribution is 2.41. The average Bonchev–Trinajstić information content (AvgIpc) is 2.68. The van der Waals surface area contributed by atoms with Crippen LogP contribution in [0.1, 0.15) is 71.1 Å². The first-order valence-electron chi connectivity index (χ1n) is 7.91. The van der Waals surface area contributed by atoms with E-state index in [-0.39, 0.29) is 11.7 Å². The third kappa shape index (κ3) is 3.08. The SMILES string of the molecule is COC1(C(O)C2CCCCCC2)CCC(C)CC1. The van der Waals surface area contributed by atoms with Gasteiger partial charge >= 0.3 is 0 Å². The van der Waals surface area contributed by atoms with Crippen LogP contribution in [0.4, 0.5) is 0 Å². The first-order chi connectivity index (χ1) is 8.68. The van der Waals surface area contributed by atoms with Gasteiger partial charge in [-0.1, -0.05) is 32.6 Å². The lowest BCUT2D eigenvalue weighted by molar-refractivity contribution is -0.148. The van der Waals surface area contributed by atoms with Crippen molar-refractivity contribution in [1.82, 2.24) is 0 Å². The molecule has 0 aromatic heterocycles. The summed E-state index contributed by atoms with van der Waals surface area (Å²) in [6, 6.07) is 0. The van der Waals surface area contributed by atoms with Crippen LogP contribution in [0.25, 0.3) is 0 Å². The van der Waals surface area contributed by atoms with E-state index in [1.165, 1.54) is 51.4 Å². The first kappa shape index (κ1) is 14.3. The Hall–Kier alpha value is -0.0800. The number of aliphatic hydroxyl groups is 1. The zero-order valence-electron chi connectivity index (χ0n) is 12.2. The minimum Gasteiger partial charge on any atom is -0.390 e. The molecule has 2 heteroatoms. The molecule has 2 fully saturated rings. The molecule has 0 radical (unpaired) electrons. The second kappa shape index (κ2) is 6.38. The van der Waals surface area contributed by atoms with Crippen LogP contribution in [0.5, 0.6) is 0 Å². The molecule has 2 rings (SSSR count). The van der Waals surface area contributed by atoms with E-state index in [9.17, 15) is 5.11 Å². The van der Waals surface area contributed by atoms with Crippen LogP contribution < -0.4 is 0 Å². The Balaban J connectivity index is 2.01. The first-order valence-corrected chi connectivity index (χ1v) is 7.91. The molecule has 2 nitrogen and oxygen atoms in total. The monoisotopic (exact) mass is 254 g/mol. The predicted molar refractivity (Wildman–Crippen MR) is 74.6 cm³/mol. The van der Waals surface area contributed by atoms with E-state index in [1.54, 1.807) is 7.11 Å². The second-order valence-electron chi connectivity index (χ2n) is 6.65. The van der Waals surface area contributed by atoms with E-state index < -0.39 is 0 Å². The Bertz CT molecular complexity index is 235. The van der Waals surface area contributed by atoms with Crippen molar-refractivity contribution >= 4 is 0 Å². The van der Waals surface area contributed by atoms with E-state index in [0.717, 1.165) is 18.8 Å². The number of hydrogen-bond acceptors (Lipinski definition) is 2. The van der Waals surface area contributed by atoms with Crippen LogP contribution in [0, 0.1) is 11.8 Å². The van der Waals surface area contributed by atoms with Crippen molar-refractivity contribution in [2.75, 3.05) is 7.11 Å². The number of aliphatic hydroxyl groups excluding tert-OH is 1. The van der Waals surface area contributed by atoms with Crippen molar-refractivity contribution in [2.45, 2.75) is 82.8 Å². The zero-order chi connectivity index (χ0) is 13.0. The Labute approximate surface area is 112 Å². The quantitative estimate of drug-likeness (QED) is 0.774. The maximum atomic E-state index is 10.8. The van der Waals surface area contributed by atoms with Gasteiger partial charge in [0.1, 0.15) is 0 Å². The maximum Gasteiger partial charge on any atom is 0.0939 e. The van der Waals surface area contributed by atoms with E-state index in [2.05, 4.69) is 6.92 Å². The van der Waals surface area contributed by atoms with Gasteiger partial charge in [0, 0.05) is 7.11 Å². The predicted octanol–water partition coefficient (Wildman–Crippen LogP) is 3.91. The topological polar surface area (TPSA) is 29.5 Å². The molecule has 106 valence electrons. The molecule has 0 aromatic carbocycles. The molecule has 18 heavy (non-hydrogen) atoms. The normalized spacial score (nSPS) is 37.2. The van der Waals surface area contributed by atoms with Gasteiger partial charge in [-0.05, 0) is 50.4 Å². The van der Waals surface area contributed by atoms with Crippen molar-refractivity contribution in [2.24, 2.45) is 11.8 Å². The van der Waals surface area contributed by atoms with Crippen LogP contribution in [0.3, 0.4) is 0 Å². The summed E-state index contributed by atoms with van der Waals surface area (Å²) in [5.74, 6) is 1.27. The minimum atomic E-state index is -0.243. The molecular weight excluding hydrogens is 224 g/mol. The summed E-state index contributed by atoms with van der Waals surface area (Å²) in [5.41, 5.74) is -0.235. The number of methoxy groups -OCH3 is 1. The highest BCUT2D eigenvalue weighted by molar-refractivity contribution is 4.95. The number of rotatable bonds is 3. The summed E-state index contributed by atoms with van der Waals surface area (Å²) in [6.07, 6.45) is 11.9. The van der Waals surface area contributed by atoms with Crippen LogP contribution in [0.15, 0.2) is 0 Å². The lowest BCUT2D eigenvalue weighted by Gasteiger charge is -2.44. The summed E-state index contributed by atoms with van der Waals surface area (Å²) >= 11 is 0. The smallest absolute Gasteiger partial charge is 0.0939 e. The van der Waals surface area contributed by atoms with Gasteiger partial charge in [-0.3, -0.25) is 0 Å². The van der Waals surface area contributed by atoms with Crippen molar-refractivity contribution in [1.29, 1.82) is 0 Å². The molecule has 2 aliphatic carbocycles. The van der Waals surface area contributed by atoms with Crippen LogP contribution in [-0.4, -0.2) is 23.9 Å². The molecule has 0 aliphatic heterocycles. The van der Waals surface area contributed by atoms with Crippen molar-refractivity contribution in [3.63, 3.8) is 0 Å². The molecular formula is C16H30O2. The van der Waals surface area contributed by atoms with Crippen molar-refractivity contribution in [3.05, 3.63) is 0 Å². The minimum absolute atomic E-state index is 0.235. The zero-order valence-corrected chi connectivity index (χ0v) is 12.2. The van der Waals surface area contributed by atoms with Crippen LogP contribution in [-0.2, 0) is 4.74 Å².